The highest BCUT2D eigenvalue weighted by atomic mass is 32.1. The van der Waals surface area contributed by atoms with Crippen LogP contribution in [0.5, 0.6) is 5.88 Å². The van der Waals surface area contributed by atoms with Gasteiger partial charge >= 0.3 is 0 Å². The van der Waals surface area contributed by atoms with Crippen molar-refractivity contribution in [3.63, 3.8) is 0 Å². The number of aromatic nitrogens is 2. The van der Waals surface area contributed by atoms with E-state index < -0.39 is 0 Å². The largest absolute Gasteiger partial charge is 0.477 e. The van der Waals surface area contributed by atoms with Crippen molar-refractivity contribution >= 4 is 27.5 Å². The Hall–Kier alpha value is -1.62. The molecule has 1 N–H and O–H groups in total. The fourth-order valence-corrected chi connectivity index (χ4v) is 2.71. The van der Waals surface area contributed by atoms with Gasteiger partial charge in [-0.2, -0.15) is 4.98 Å². The second kappa shape index (κ2) is 7.24. The molecular weight excluding hydrogens is 270 g/mol. The van der Waals surface area contributed by atoms with Crippen LogP contribution in [0.25, 0.3) is 10.2 Å². The number of aryl methyl sites for hydroxylation is 1. The number of allylic oxidation sites excluding steroid dienone is 1. The molecule has 2 aromatic rings. The van der Waals surface area contributed by atoms with Gasteiger partial charge in [0, 0.05) is 11.4 Å². The first-order valence-corrected chi connectivity index (χ1v) is 7.82. The van der Waals surface area contributed by atoms with Crippen LogP contribution in [-0.4, -0.2) is 23.1 Å². The van der Waals surface area contributed by atoms with Crippen molar-refractivity contribution in [1.29, 1.82) is 0 Å². The van der Waals surface area contributed by atoms with Gasteiger partial charge < -0.3 is 10.1 Å². The molecule has 0 aliphatic rings. The summed E-state index contributed by atoms with van der Waals surface area (Å²) in [6, 6.07) is 2.09. The number of nitrogens with zero attached hydrogens (tertiary/aromatic N) is 2. The van der Waals surface area contributed by atoms with Crippen molar-refractivity contribution in [2.24, 2.45) is 0 Å². The van der Waals surface area contributed by atoms with Gasteiger partial charge in [-0.1, -0.05) is 13.0 Å². The van der Waals surface area contributed by atoms with E-state index in [1.165, 1.54) is 4.88 Å². The predicted octanol–water partition coefficient (Wildman–Crippen LogP) is 4.17. The molecule has 0 radical (unpaired) electrons. The molecule has 108 valence electrons. The zero-order valence-electron chi connectivity index (χ0n) is 12.1. The maximum atomic E-state index is 5.82. The smallest absolute Gasteiger partial charge is 0.227 e. The van der Waals surface area contributed by atoms with E-state index in [4.69, 9.17) is 4.74 Å². The molecule has 0 atom stereocenters. The minimum absolute atomic E-state index is 0.653. The number of anilines is 1. The highest BCUT2D eigenvalue weighted by Crippen LogP contribution is 2.31. The first-order chi connectivity index (χ1) is 9.74. The molecule has 0 amide bonds. The standard InChI is InChI=1S/C15H21N3OS/c1-4-6-7-9-19-13-12-10-11(3)20-14(12)18-15(17-13)16-8-5-2/h4,10H,1,5-9H2,2-3H3,(H,16,17,18). The maximum Gasteiger partial charge on any atom is 0.227 e. The Balaban J connectivity index is 2.21. The molecule has 0 saturated carbocycles. The molecule has 0 spiro atoms. The lowest BCUT2D eigenvalue weighted by Crippen LogP contribution is -2.06. The highest BCUT2D eigenvalue weighted by Gasteiger charge is 2.11. The van der Waals surface area contributed by atoms with Crippen LogP contribution < -0.4 is 10.1 Å². The van der Waals surface area contributed by atoms with Crippen molar-refractivity contribution in [3.05, 3.63) is 23.6 Å². The van der Waals surface area contributed by atoms with E-state index in [-0.39, 0.29) is 0 Å². The average Bonchev–Trinajstić information content (AvgIpc) is 2.81. The number of nitrogens with one attached hydrogen (secondary N) is 1. The molecule has 0 fully saturated rings. The summed E-state index contributed by atoms with van der Waals surface area (Å²) in [5, 5.41) is 4.23. The van der Waals surface area contributed by atoms with E-state index in [1.807, 2.05) is 6.08 Å². The topological polar surface area (TPSA) is 47.0 Å². The van der Waals surface area contributed by atoms with Gasteiger partial charge in [0.15, 0.2) is 0 Å². The van der Waals surface area contributed by atoms with E-state index >= 15 is 0 Å². The van der Waals surface area contributed by atoms with E-state index in [2.05, 4.69) is 41.8 Å². The number of hydrogen-bond donors (Lipinski definition) is 1. The molecule has 0 unspecified atom stereocenters. The van der Waals surface area contributed by atoms with E-state index in [0.717, 1.165) is 36.0 Å². The van der Waals surface area contributed by atoms with Crippen molar-refractivity contribution in [1.82, 2.24) is 9.97 Å². The zero-order valence-corrected chi connectivity index (χ0v) is 12.9. The second-order valence-electron chi connectivity index (χ2n) is 4.63. The molecule has 0 aromatic carbocycles. The summed E-state index contributed by atoms with van der Waals surface area (Å²) in [6.45, 7) is 9.43. The van der Waals surface area contributed by atoms with Crippen LogP contribution in [0, 0.1) is 6.92 Å². The summed E-state index contributed by atoms with van der Waals surface area (Å²) >= 11 is 1.67. The van der Waals surface area contributed by atoms with Crippen LogP contribution in [0.2, 0.25) is 0 Å². The quantitative estimate of drug-likeness (QED) is 0.586. The van der Waals surface area contributed by atoms with Crippen LogP contribution in [-0.2, 0) is 0 Å². The Labute approximate surface area is 123 Å². The molecule has 5 heteroatoms. The predicted molar refractivity (Wildman–Crippen MR) is 85.9 cm³/mol. The molecule has 0 aliphatic heterocycles. The highest BCUT2D eigenvalue weighted by molar-refractivity contribution is 7.18. The molecule has 20 heavy (non-hydrogen) atoms. The fourth-order valence-electron chi connectivity index (χ4n) is 1.84. The number of unbranched alkanes of at least 4 members (excludes halogenated alkanes) is 1. The lowest BCUT2D eigenvalue weighted by molar-refractivity contribution is 0.304. The molecule has 4 nitrogen and oxygen atoms in total. The Morgan fingerprint density at radius 2 is 2.30 bits per heavy atom. The third-order valence-electron chi connectivity index (χ3n) is 2.81. The molecule has 2 aromatic heterocycles. The summed E-state index contributed by atoms with van der Waals surface area (Å²) in [5.41, 5.74) is 0. The van der Waals surface area contributed by atoms with Gasteiger partial charge in [0.05, 0.1) is 12.0 Å². The van der Waals surface area contributed by atoms with E-state index in [9.17, 15) is 0 Å². The lowest BCUT2D eigenvalue weighted by atomic mass is 10.3. The van der Waals surface area contributed by atoms with Gasteiger partial charge in [-0.3, -0.25) is 0 Å². The van der Waals surface area contributed by atoms with Crippen LogP contribution in [0.1, 0.15) is 31.1 Å². The Kier molecular flexibility index (Phi) is 5.35. The van der Waals surface area contributed by atoms with Crippen LogP contribution in [0.15, 0.2) is 18.7 Å². The van der Waals surface area contributed by atoms with Gasteiger partial charge in [0.25, 0.3) is 0 Å². The van der Waals surface area contributed by atoms with Gasteiger partial charge in [-0.05, 0) is 32.3 Å². The number of thiophene rings is 1. The minimum atomic E-state index is 0.653. The van der Waals surface area contributed by atoms with Gasteiger partial charge in [0.1, 0.15) is 4.83 Å². The summed E-state index contributed by atoms with van der Waals surface area (Å²) in [4.78, 5) is 11.2. The third-order valence-corrected chi connectivity index (χ3v) is 3.75. The zero-order chi connectivity index (χ0) is 14.4. The second-order valence-corrected chi connectivity index (χ2v) is 5.87. The summed E-state index contributed by atoms with van der Waals surface area (Å²) < 4.78 is 5.82. The Morgan fingerprint density at radius 3 is 3.05 bits per heavy atom. The van der Waals surface area contributed by atoms with Crippen LogP contribution >= 0.6 is 11.3 Å². The first-order valence-electron chi connectivity index (χ1n) is 7.00. The normalized spacial score (nSPS) is 10.7. The van der Waals surface area contributed by atoms with Crippen molar-refractivity contribution in [2.45, 2.75) is 33.1 Å². The number of rotatable bonds is 8. The van der Waals surface area contributed by atoms with Crippen LogP contribution in [0.3, 0.4) is 0 Å². The van der Waals surface area contributed by atoms with Gasteiger partial charge in [0.2, 0.25) is 11.8 Å². The SMILES string of the molecule is C=CCCCOc1nc(NCCC)nc2sc(C)cc12. The van der Waals surface area contributed by atoms with Crippen molar-refractivity contribution in [3.8, 4) is 5.88 Å². The molecule has 0 saturated heterocycles. The van der Waals surface area contributed by atoms with E-state index in [0.29, 0.717) is 18.4 Å². The minimum Gasteiger partial charge on any atom is -0.477 e. The third kappa shape index (κ3) is 3.70. The average molecular weight is 291 g/mol. The molecule has 0 aliphatic carbocycles. The Morgan fingerprint density at radius 1 is 1.45 bits per heavy atom. The fraction of sp³-hybridized carbons (Fsp3) is 0.467. The molecule has 2 rings (SSSR count). The lowest BCUT2D eigenvalue weighted by Gasteiger charge is -2.08. The van der Waals surface area contributed by atoms with Crippen LogP contribution in [0.4, 0.5) is 5.95 Å². The summed E-state index contributed by atoms with van der Waals surface area (Å²) in [6.07, 6.45) is 4.86. The number of ether oxygens (including phenoxy) is 1. The van der Waals surface area contributed by atoms with E-state index in [1.54, 1.807) is 11.3 Å². The van der Waals surface area contributed by atoms with Crippen molar-refractivity contribution < 1.29 is 4.74 Å². The number of fused-ring (bicyclic) bond motifs is 1. The monoisotopic (exact) mass is 291 g/mol. The maximum absolute atomic E-state index is 5.82. The van der Waals surface area contributed by atoms with Gasteiger partial charge in [-0.25, -0.2) is 4.98 Å². The number of hydrogen-bond acceptors (Lipinski definition) is 5. The Bertz CT molecular complexity index is 580. The molecular formula is C15H21N3OS. The summed E-state index contributed by atoms with van der Waals surface area (Å²) in [7, 11) is 0. The molecule has 0 bridgehead atoms. The first kappa shape index (κ1) is 14.8. The summed E-state index contributed by atoms with van der Waals surface area (Å²) in [5.74, 6) is 1.34. The van der Waals surface area contributed by atoms with Gasteiger partial charge in [-0.15, -0.1) is 17.9 Å². The molecule has 2 heterocycles. The van der Waals surface area contributed by atoms with Crippen molar-refractivity contribution in [2.75, 3.05) is 18.5 Å².